The Morgan fingerprint density at radius 1 is 1.35 bits per heavy atom. The van der Waals surface area contributed by atoms with Crippen molar-refractivity contribution in [2.45, 2.75) is 25.9 Å². The predicted octanol–water partition coefficient (Wildman–Crippen LogP) is 0.657. The largest absolute Gasteiger partial charge is 0.454 e. The average Bonchev–Trinajstić information content (AvgIpc) is 3.10. The first-order chi connectivity index (χ1) is 11.1. The Kier molecular flexibility index (Phi) is 4.61. The van der Waals surface area contributed by atoms with Gasteiger partial charge in [-0.25, -0.2) is 13.4 Å². The molecule has 2 aliphatic rings. The molecule has 1 aromatic rings. The van der Waals surface area contributed by atoms with Gasteiger partial charge in [-0.3, -0.25) is 0 Å². The van der Waals surface area contributed by atoms with Crippen molar-refractivity contribution in [3.05, 3.63) is 23.8 Å². The molecule has 1 unspecified atom stereocenters. The van der Waals surface area contributed by atoms with E-state index >= 15 is 0 Å². The van der Waals surface area contributed by atoms with Gasteiger partial charge in [0.25, 0.3) is 0 Å². The second kappa shape index (κ2) is 6.66. The Bertz CT molecular complexity index is 703. The Labute approximate surface area is 136 Å². The summed E-state index contributed by atoms with van der Waals surface area (Å²) in [5.41, 5.74) is 1.01. The second-order valence-corrected chi connectivity index (χ2v) is 7.86. The number of fused-ring (bicyclic) bond motifs is 1. The van der Waals surface area contributed by atoms with Crippen LogP contribution in [0.4, 0.5) is 0 Å². The van der Waals surface area contributed by atoms with E-state index < -0.39 is 9.84 Å². The standard InChI is InChI=1S/C15H21N3O4S/c1-2-16-15(18-12-5-6-23(19,20)9-12)17-8-11-3-4-13-14(7-11)22-10-21-13/h3-4,7,12H,2,5-6,8-10H2,1H3,(H2,16,17,18). The number of aliphatic imine (C=N–C) groups is 1. The maximum absolute atomic E-state index is 11.5. The molecule has 0 bridgehead atoms. The predicted molar refractivity (Wildman–Crippen MR) is 87.6 cm³/mol. The van der Waals surface area contributed by atoms with Gasteiger partial charge in [-0.1, -0.05) is 6.07 Å². The van der Waals surface area contributed by atoms with E-state index in [0.29, 0.717) is 25.5 Å². The zero-order valence-electron chi connectivity index (χ0n) is 13.0. The molecule has 7 nitrogen and oxygen atoms in total. The molecule has 126 valence electrons. The maximum Gasteiger partial charge on any atom is 0.231 e. The van der Waals surface area contributed by atoms with Gasteiger partial charge in [0.2, 0.25) is 6.79 Å². The molecular weight excluding hydrogens is 318 g/mol. The monoisotopic (exact) mass is 339 g/mol. The van der Waals surface area contributed by atoms with Crippen LogP contribution in [-0.4, -0.2) is 45.3 Å². The van der Waals surface area contributed by atoms with Crippen LogP contribution in [-0.2, 0) is 16.4 Å². The summed E-state index contributed by atoms with van der Waals surface area (Å²) in [5, 5.41) is 6.35. The number of nitrogens with zero attached hydrogens (tertiary/aromatic N) is 1. The smallest absolute Gasteiger partial charge is 0.231 e. The molecule has 1 saturated heterocycles. The van der Waals surface area contributed by atoms with E-state index in [1.54, 1.807) is 0 Å². The van der Waals surface area contributed by atoms with Crippen LogP contribution >= 0.6 is 0 Å². The summed E-state index contributed by atoms with van der Waals surface area (Å²) in [6.45, 7) is 3.42. The number of nitrogens with one attached hydrogen (secondary N) is 2. The summed E-state index contributed by atoms with van der Waals surface area (Å²) >= 11 is 0. The minimum atomic E-state index is -2.91. The first-order valence-corrected chi connectivity index (χ1v) is 9.51. The minimum Gasteiger partial charge on any atom is -0.454 e. The number of benzene rings is 1. The molecule has 2 N–H and O–H groups in total. The van der Waals surface area contributed by atoms with E-state index in [0.717, 1.165) is 17.1 Å². The van der Waals surface area contributed by atoms with Crippen molar-refractivity contribution in [1.29, 1.82) is 0 Å². The van der Waals surface area contributed by atoms with Crippen molar-refractivity contribution in [2.24, 2.45) is 4.99 Å². The number of hydrogen-bond donors (Lipinski definition) is 2. The van der Waals surface area contributed by atoms with Gasteiger partial charge in [-0.15, -0.1) is 0 Å². The van der Waals surface area contributed by atoms with Crippen LogP contribution in [0.5, 0.6) is 11.5 Å². The molecule has 0 aromatic heterocycles. The van der Waals surface area contributed by atoms with Gasteiger partial charge in [0, 0.05) is 12.6 Å². The molecule has 3 rings (SSSR count). The number of guanidine groups is 1. The van der Waals surface area contributed by atoms with Crippen LogP contribution in [0.1, 0.15) is 18.9 Å². The highest BCUT2D eigenvalue weighted by Crippen LogP contribution is 2.32. The highest BCUT2D eigenvalue weighted by atomic mass is 32.2. The van der Waals surface area contributed by atoms with E-state index in [1.807, 2.05) is 25.1 Å². The number of rotatable bonds is 4. The maximum atomic E-state index is 11.5. The van der Waals surface area contributed by atoms with Crippen LogP contribution in [0.15, 0.2) is 23.2 Å². The molecule has 0 radical (unpaired) electrons. The second-order valence-electron chi connectivity index (χ2n) is 5.63. The van der Waals surface area contributed by atoms with Crippen LogP contribution in [0, 0.1) is 0 Å². The quantitative estimate of drug-likeness (QED) is 0.619. The summed E-state index contributed by atoms with van der Waals surface area (Å²) in [4.78, 5) is 4.52. The van der Waals surface area contributed by atoms with Gasteiger partial charge in [-0.05, 0) is 31.0 Å². The Hall–Kier alpha value is -1.96. The lowest BCUT2D eigenvalue weighted by molar-refractivity contribution is 0.174. The molecule has 2 heterocycles. The molecule has 1 fully saturated rings. The van der Waals surface area contributed by atoms with Gasteiger partial charge < -0.3 is 20.1 Å². The normalized spacial score (nSPS) is 22.1. The molecule has 1 atom stereocenters. The minimum absolute atomic E-state index is 0.0745. The number of ether oxygens (including phenoxy) is 2. The molecule has 1 aromatic carbocycles. The van der Waals surface area contributed by atoms with E-state index in [2.05, 4.69) is 15.6 Å². The zero-order valence-corrected chi connectivity index (χ0v) is 13.9. The summed E-state index contributed by atoms with van der Waals surface area (Å²) in [6.07, 6.45) is 0.622. The van der Waals surface area contributed by atoms with Gasteiger partial charge in [0.05, 0.1) is 18.1 Å². The first kappa shape index (κ1) is 15.9. The molecule has 8 heteroatoms. The van der Waals surface area contributed by atoms with Crippen molar-refractivity contribution in [3.8, 4) is 11.5 Å². The lowest BCUT2D eigenvalue weighted by Gasteiger charge is -2.15. The van der Waals surface area contributed by atoms with Gasteiger partial charge in [0.1, 0.15) is 0 Å². The molecule has 0 amide bonds. The highest BCUT2D eigenvalue weighted by molar-refractivity contribution is 7.91. The lowest BCUT2D eigenvalue weighted by atomic mass is 10.2. The third kappa shape index (κ3) is 4.07. The van der Waals surface area contributed by atoms with Crippen molar-refractivity contribution < 1.29 is 17.9 Å². The third-order valence-corrected chi connectivity index (χ3v) is 5.54. The topological polar surface area (TPSA) is 89.0 Å². The fraction of sp³-hybridized carbons (Fsp3) is 0.533. The van der Waals surface area contributed by atoms with Crippen LogP contribution in [0.3, 0.4) is 0 Å². The Balaban J connectivity index is 1.64. The van der Waals surface area contributed by atoms with Gasteiger partial charge in [-0.2, -0.15) is 0 Å². The van der Waals surface area contributed by atoms with Crippen LogP contribution in [0.2, 0.25) is 0 Å². The van der Waals surface area contributed by atoms with Gasteiger partial charge >= 0.3 is 0 Å². The average molecular weight is 339 g/mol. The van der Waals surface area contributed by atoms with Crippen LogP contribution < -0.4 is 20.1 Å². The number of sulfone groups is 1. The first-order valence-electron chi connectivity index (χ1n) is 7.69. The zero-order chi connectivity index (χ0) is 16.3. The fourth-order valence-electron chi connectivity index (χ4n) is 2.63. The number of hydrogen-bond acceptors (Lipinski definition) is 5. The van der Waals surface area contributed by atoms with Crippen molar-refractivity contribution in [2.75, 3.05) is 24.8 Å². The van der Waals surface area contributed by atoms with Crippen molar-refractivity contribution in [3.63, 3.8) is 0 Å². The Morgan fingerprint density at radius 2 is 2.17 bits per heavy atom. The summed E-state index contributed by atoms with van der Waals surface area (Å²) < 4.78 is 33.7. The molecular formula is C15H21N3O4S. The van der Waals surface area contributed by atoms with Crippen LogP contribution in [0.25, 0.3) is 0 Å². The summed E-state index contributed by atoms with van der Waals surface area (Å²) in [5.74, 6) is 2.52. The molecule has 0 aliphatic carbocycles. The lowest BCUT2D eigenvalue weighted by Crippen LogP contribution is -2.44. The van der Waals surface area contributed by atoms with E-state index in [1.165, 1.54) is 0 Å². The SMILES string of the molecule is CCNC(=NCc1ccc2c(c1)OCO2)NC1CCS(=O)(=O)C1. The van der Waals surface area contributed by atoms with E-state index in [9.17, 15) is 8.42 Å². The summed E-state index contributed by atoms with van der Waals surface area (Å²) in [7, 11) is -2.91. The highest BCUT2D eigenvalue weighted by Gasteiger charge is 2.28. The van der Waals surface area contributed by atoms with E-state index in [4.69, 9.17) is 9.47 Å². The molecule has 23 heavy (non-hydrogen) atoms. The molecule has 0 saturated carbocycles. The fourth-order valence-corrected chi connectivity index (χ4v) is 4.31. The Morgan fingerprint density at radius 3 is 2.91 bits per heavy atom. The van der Waals surface area contributed by atoms with Crippen molar-refractivity contribution in [1.82, 2.24) is 10.6 Å². The third-order valence-electron chi connectivity index (χ3n) is 3.77. The summed E-state index contributed by atoms with van der Waals surface area (Å²) in [6, 6.07) is 5.65. The van der Waals surface area contributed by atoms with Crippen molar-refractivity contribution >= 4 is 15.8 Å². The van der Waals surface area contributed by atoms with E-state index in [-0.39, 0.29) is 24.3 Å². The van der Waals surface area contributed by atoms with Gasteiger partial charge in [0.15, 0.2) is 27.3 Å². The molecule has 0 spiro atoms. The molecule has 2 aliphatic heterocycles.